The molecule has 0 saturated carbocycles. The molecule has 4 nitrogen and oxygen atoms in total. The molecule has 1 unspecified atom stereocenters. The molecule has 0 saturated heterocycles. The minimum absolute atomic E-state index is 0.104. The highest BCUT2D eigenvalue weighted by Crippen LogP contribution is 2.29. The van der Waals surface area contributed by atoms with E-state index in [0.29, 0.717) is 10.2 Å². The maximum absolute atomic E-state index is 13.0. The van der Waals surface area contributed by atoms with Crippen molar-refractivity contribution >= 4 is 48.5 Å². The normalized spacial score (nSPS) is 12.7. The van der Waals surface area contributed by atoms with E-state index >= 15 is 0 Å². The molecule has 2 aromatic rings. The second-order valence-electron chi connectivity index (χ2n) is 5.07. The average Bonchev–Trinajstić information content (AvgIpc) is 2.47. The Hall–Kier alpha value is -1.37. The van der Waals surface area contributed by atoms with Crippen molar-refractivity contribution in [3.05, 3.63) is 58.6 Å². The summed E-state index contributed by atoms with van der Waals surface area (Å²) in [7, 11) is -3.92. The predicted molar refractivity (Wildman–Crippen MR) is 95.3 cm³/mol. The number of nitrogens with zero attached hydrogens (tertiary/aromatic N) is 1. The van der Waals surface area contributed by atoms with E-state index in [0.717, 1.165) is 9.87 Å². The molecule has 7 heteroatoms. The number of halogens is 2. The fourth-order valence-electron chi connectivity index (χ4n) is 2.10. The molecule has 0 aliphatic heterocycles. The van der Waals surface area contributed by atoms with Crippen molar-refractivity contribution in [1.29, 1.82) is 0 Å². The number of rotatable bonds is 5. The number of carbonyl (C=O) groups excluding carboxylic acids is 1. The summed E-state index contributed by atoms with van der Waals surface area (Å²) in [6.07, 6.45) is 0. The molecule has 2 aromatic carbocycles. The maximum Gasteiger partial charge on any atom is 0.265 e. The van der Waals surface area contributed by atoms with Crippen molar-refractivity contribution in [2.75, 3.05) is 4.31 Å². The summed E-state index contributed by atoms with van der Waals surface area (Å²) >= 11 is 8.88. The van der Waals surface area contributed by atoms with Crippen LogP contribution < -0.4 is 4.31 Å². The highest BCUT2D eigenvalue weighted by molar-refractivity contribution is 9.10. The number of hydrogen-bond acceptors (Lipinski definition) is 3. The zero-order chi connectivity index (χ0) is 17.2. The Balaban J connectivity index is 2.61. The van der Waals surface area contributed by atoms with E-state index in [4.69, 9.17) is 11.6 Å². The van der Waals surface area contributed by atoms with Gasteiger partial charge in [-0.05, 0) is 55.8 Å². The van der Waals surface area contributed by atoms with Crippen molar-refractivity contribution in [1.82, 2.24) is 0 Å². The molecule has 0 bridgehead atoms. The fraction of sp³-hybridized carbons (Fsp3) is 0.188. The van der Waals surface area contributed by atoms with Crippen LogP contribution in [0, 0.1) is 6.92 Å². The predicted octanol–water partition coefficient (Wildman–Crippen LogP) is 4.11. The SMILES string of the molecule is Cc1ccc(S(=O)(=O)N(c2cccc(Br)c2)C(C)C(=O)Cl)cc1. The molecule has 0 heterocycles. The summed E-state index contributed by atoms with van der Waals surface area (Å²) in [4.78, 5) is 11.7. The minimum atomic E-state index is -3.92. The van der Waals surface area contributed by atoms with Crippen LogP contribution in [0.25, 0.3) is 0 Å². The molecule has 0 amide bonds. The van der Waals surface area contributed by atoms with Gasteiger partial charge in [0, 0.05) is 4.47 Å². The van der Waals surface area contributed by atoms with Crippen LogP contribution in [0.5, 0.6) is 0 Å². The van der Waals surface area contributed by atoms with Crippen LogP contribution in [-0.4, -0.2) is 19.7 Å². The van der Waals surface area contributed by atoms with Crippen LogP contribution >= 0.6 is 27.5 Å². The van der Waals surface area contributed by atoms with Gasteiger partial charge in [0.1, 0.15) is 6.04 Å². The summed E-state index contributed by atoms with van der Waals surface area (Å²) in [5.74, 6) is 0. The Labute approximate surface area is 149 Å². The number of hydrogen-bond donors (Lipinski definition) is 0. The first-order valence-corrected chi connectivity index (χ1v) is 9.40. The van der Waals surface area contributed by atoms with E-state index in [9.17, 15) is 13.2 Å². The van der Waals surface area contributed by atoms with Gasteiger partial charge in [0.2, 0.25) is 5.24 Å². The van der Waals surface area contributed by atoms with E-state index in [-0.39, 0.29) is 4.90 Å². The van der Waals surface area contributed by atoms with Gasteiger partial charge in [0.15, 0.2) is 0 Å². The standard InChI is InChI=1S/C16H15BrClNO3S/c1-11-6-8-15(9-7-11)23(21,22)19(12(2)16(18)20)14-5-3-4-13(17)10-14/h3-10,12H,1-2H3. The first kappa shape index (κ1) is 18.0. The van der Waals surface area contributed by atoms with Crippen LogP contribution in [0.1, 0.15) is 12.5 Å². The van der Waals surface area contributed by atoms with Crippen molar-refractivity contribution in [3.8, 4) is 0 Å². The zero-order valence-electron chi connectivity index (χ0n) is 12.5. The van der Waals surface area contributed by atoms with E-state index < -0.39 is 21.3 Å². The first-order chi connectivity index (χ1) is 10.7. The molecule has 0 radical (unpaired) electrons. The number of aryl methyl sites for hydroxylation is 1. The van der Waals surface area contributed by atoms with Crippen LogP contribution in [0.15, 0.2) is 57.9 Å². The van der Waals surface area contributed by atoms with Crippen molar-refractivity contribution in [2.24, 2.45) is 0 Å². The smallest absolute Gasteiger partial charge is 0.265 e. The molecule has 0 aliphatic carbocycles. The number of sulfonamides is 1. The van der Waals surface area contributed by atoms with Gasteiger partial charge in [-0.25, -0.2) is 8.42 Å². The lowest BCUT2D eigenvalue weighted by Crippen LogP contribution is -2.42. The van der Waals surface area contributed by atoms with Gasteiger partial charge in [-0.1, -0.05) is 39.7 Å². The maximum atomic E-state index is 13.0. The molecule has 1 atom stereocenters. The Kier molecular flexibility index (Phi) is 5.49. The minimum Gasteiger partial charge on any atom is -0.279 e. The van der Waals surface area contributed by atoms with Crippen LogP contribution in [-0.2, 0) is 14.8 Å². The third-order valence-electron chi connectivity index (χ3n) is 3.32. The Bertz CT molecular complexity index is 821. The lowest BCUT2D eigenvalue weighted by molar-refractivity contribution is -0.112. The Morgan fingerprint density at radius 3 is 2.30 bits per heavy atom. The van der Waals surface area contributed by atoms with E-state index in [2.05, 4.69) is 15.9 Å². The molecule has 122 valence electrons. The summed E-state index contributed by atoms with van der Waals surface area (Å²) in [5.41, 5.74) is 1.31. The van der Waals surface area contributed by atoms with Gasteiger partial charge in [0.05, 0.1) is 10.6 Å². The second-order valence-corrected chi connectivity index (χ2v) is 8.18. The number of carbonyl (C=O) groups is 1. The lowest BCUT2D eigenvalue weighted by atomic mass is 10.2. The Morgan fingerprint density at radius 2 is 1.78 bits per heavy atom. The third kappa shape index (κ3) is 3.94. The highest BCUT2D eigenvalue weighted by Gasteiger charge is 2.32. The number of anilines is 1. The molecule has 2 rings (SSSR count). The van der Waals surface area contributed by atoms with Crippen molar-refractivity contribution < 1.29 is 13.2 Å². The molecule has 0 aromatic heterocycles. The van der Waals surface area contributed by atoms with Gasteiger partial charge in [-0.2, -0.15) is 0 Å². The number of benzene rings is 2. The topological polar surface area (TPSA) is 54.5 Å². The van der Waals surface area contributed by atoms with Gasteiger partial charge < -0.3 is 0 Å². The molecule has 0 N–H and O–H groups in total. The molecule has 0 spiro atoms. The quantitative estimate of drug-likeness (QED) is 0.689. The lowest BCUT2D eigenvalue weighted by Gasteiger charge is -2.28. The van der Waals surface area contributed by atoms with E-state index in [1.165, 1.54) is 19.1 Å². The molecular weight excluding hydrogens is 402 g/mol. The van der Waals surface area contributed by atoms with Crippen LogP contribution in [0.2, 0.25) is 0 Å². The summed E-state index contributed by atoms with van der Waals surface area (Å²) in [6.45, 7) is 3.33. The van der Waals surface area contributed by atoms with Crippen LogP contribution in [0.3, 0.4) is 0 Å². The van der Waals surface area contributed by atoms with Gasteiger partial charge in [-0.3, -0.25) is 9.10 Å². The largest absolute Gasteiger partial charge is 0.279 e. The molecule has 0 fully saturated rings. The summed E-state index contributed by atoms with van der Waals surface area (Å²) in [5, 5.41) is -0.749. The third-order valence-corrected chi connectivity index (χ3v) is 6.04. The Morgan fingerprint density at radius 1 is 1.17 bits per heavy atom. The van der Waals surface area contributed by atoms with Crippen molar-refractivity contribution in [3.63, 3.8) is 0 Å². The van der Waals surface area contributed by atoms with Gasteiger partial charge in [-0.15, -0.1) is 0 Å². The average molecular weight is 417 g/mol. The summed E-state index contributed by atoms with van der Waals surface area (Å²) in [6, 6.07) is 12.1. The van der Waals surface area contributed by atoms with Crippen LogP contribution in [0.4, 0.5) is 5.69 Å². The zero-order valence-corrected chi connectivity index (χ0v) is 15.7. The second kappa shape index (κ2) is 7.03. The first-order valence-electron chi connectivity index (χ1n) is 6.79. The molecular formula is C16H15BrClNO3S. The van der Waals surface area contributed by atoms with E-state index in [1.54, 1.807) is 36.4 Å². The van der Waals surface area contributed by atoms with Gasteiger partial charge in [0.25, 0.3) is 10.0 Å². The van der Waals surface area contributed by atoms with Crippen molar-refractivity contribution in [2.45, 2.75) is 24.8 Å². The molecule has 23 heavy (non-hydrogen) atoms. The highest BCUT2D eigenvalue weighted by atomic mass is 79.9. The fourth-order valence-corrected chi connectivity index (χ4v) is 4.25. The van der Waals surface area contributed by atoms with E-state index in [1.807, 2.05) is 6.92 Å². The molecule has 0 aliphatic rings. The van der Waals surface area contributed by atoms with Gasteiger partial charge >= 0.3 is 0 Å². The monoisotopic (exact) mass is 415 g/mol. The summed E-state index contributed by atoms with van der Waals surface area (Å²) < 4.78 is 27.7.